The van der Waals surface area contributed by atoms with Crippen LogP contribution < -0.4 is 10.5 Å². The summed E-state index contributed by atoms with van der Waals surface area (Å²) in [5.41, 5.74) is 6.60. The quantitative estimate of drug-likeness (QED) is 0.859. The van der Waals surface area contributed by atoms with Gasteiger partial charge in [0.1, 0.15) is 4.90 Å². The second-order valence-electron chi connectivity index (χ2n) is 4.39. The highest BCUT2D eigenvalue weighted by molar-refractivity contribution is 7.89. The molecule has 0 aliphatic carbocycles. The Bertz CT molecular complexity index is 759. The van der Waals surface area contributed by atoms with Crippen molar-refractivity contribution in [2.75, 3.05) is 0 Å². The second kappa shape index (κ2) is 6.33. The largest absolute Gasteiger partial charge is 0.326 e. The highest BCUT2D eigenvalue weighted by atomic mass is 35.5. The van der Waals surface area contributed by atoms with Crippen molar-refractivity contribution in [3.8, 4) is 0 Å². The predicted octanol–water partition coefficient (Wildman–Crippen LogP) is 1.66. The van der Waals surface area contributed by atoms with Crippen LogP contribution >= 0.6 is 23.2 Å². The Morgan fingerprint density at radius 2 is 2.10 bits per heavy atom. The lowest BCUT2D eigenvalue weighted by Gasteiger charge is -2.11. The van der Waals surface area contributed by atoms with Crippen molar-refractivity contribution in [1.82, 2.24) is 14.5 Å². The Hall–Kier alpha value is -1.12. The van der Waals surface area contributed by atoms with Crippen LogP contribution in [0.1, 0.15) is 11.3 Å². The van der Waals surface area contributed by atoms with Gasteiger partial charge in [-0.1, -0.05) is 23.2 Å². The number of aryl methyl sites for hydroxylation is 1. The summed E-state index contributed by atoms with van der Waals surface area (Å²) >= 11 is 12.0. The zero-order chi connectivity index (χ0) is 15.6. The third-order valence-corrected chi connectivity index (χ3v) is 5.00. The number of aromatic nitrogens is 2. The molecule has 0 aliphatic rings. The number of rotatable bonds is 5. The molecule has 0 bridgehead atoms. The maximum atomic E-state index is 12.3. The number of nitrogens with zero attached hydrogens (tertiary/aromatic N) is 2. The van der Waals surface area contributed by atoms with Gasteiger partial charge < -0.3 is 5.73 Å². The molecule has 6 nitrogen and oxygen atoms in total. The van der Waals surface area contributed by atoms with Crippen LogP contribution in [-0.4, -0.2) is 18.2 Å². The first-order valence-corrected chi connectivity index (χ1v) is 8.23. The summed E-state index contributed by atoms with van der Waals surface area (Å²) in [6.45, 7) is 0.159. The average molecular weight is 349 g/mol. The Morgan fingerprint density at radius 1 is 1.38 bits per heavy atom. The van der Waals surface area contributed by atoms with Gasteiger partial charge in [-0.05, 0) is 23.8 Å². The van der Waals surface area contributed by atoms with E-state index in [1.165, 1.54) is 6.07 Å². The summed E-state index contributed by atoms with van der Waals surface area (Å²) in [5, 5.41) is 4.43. The Balaban J connectivity index is 2.29. The molecule has 21 heavy (non-hydrogen) atoms. The summed E-state index contributed by atoms with van der Waals surface area (Å²) in [5.74, 6) is 0. The molecular weight excluding hydrogens is 335 g/mol. The van der Waals surface area contributed by atoms with Crippen molar-refractivity contribution in [3.63, 3.8) is 0 Å². The van der Waals surface area contributed by atoms with Crippen molar-refractivity contribution in [3.05, 3.63) is 45.7 Å². The van der Waals surface area contributed by atoms with E-state index < -0.39 is 10.0 Å². The van der Waals surface area contributed by atoms with E-state index >= 15 is 0 Å². The molecule has 0 unspecified atom stereocenters. The summed E-state index contributed by atoms with van der Waals surface area (Å²) in [7, 11) is -2.06. The maximum absolute atomic E-state index is 12.3. The molecule has 0 atom stereocenters. The number of nitrogens with one attached hydrogen (secondary N) is 1. The molecule has 3 N–H and O–H groups in total. The molecule has 0 radical (unpaired) electrons. The molecular formula is C12H14Cl2N4O2S. The molecule has 1 aromatic heterocycles. The van der Waals surface area contributed by atoms with Gasteiger partial charge in [0.15, 0.2) is 0 Å². The monoisotopic (exact) mass is 348 g/mol. The maximum Gasteiger partial charge on any atom is 0.242 e. The van der Waals surface area contributed by atoms with E-state index in [0.29, 0.717) is 11.3 Å². The average Bonchev–Trinajstić information content (AvgIpc) is 2.84. The first-order chi connectivity index (χ1) is 9.83. The van der Waals surface area contributed by atoms with Crippen LogP contribution in [0.15, 0.2) is 29.3 Å². The smallest absolute Gasteiger partial charge is 0.242 e. The van der Waals surface area contributed by atoms with Crippen LogP contribution in [0.5, 0.6) is 0 Å². The van der Waals surface area contributed by atoms with Crippen LogP contribution in [0.4, 0.5) is 0 Å². The van der Waals surface area contributed by atoms with E-state index in [4.69, 9.17) is 28.9 Å². The Morgan fingerprint density at radius 3 is 2.67 bits per heavy atom. The lowest BCUT2D eigenvalue weighted by molar-refractivity contribution is 0.579. The normalized spacial score (nSPS) is 11.8. The minimum absolute atomic E-state index is 0.0595. The van der Waals surface area contributed by atoms with Gasteiger partial charge in [0.2, 0.25) is 10.0 Å². The van der Waals surface area contributed by atoms with Gasteiger partial charge in [-0.3, -0.25) is 4.68 Å². The van der Waals surface area contributed by atoms with Crippen LogP contribution in [0.2, 0.25) is 10.0 Å². The van der Waals surface area contributed by atoms with Gasteiger partial charge in [0.25, 0.3) is 0 Å². The minimum Gasteiger partial charge on any atom is -0.326 e. The zero-order valence-corrected chi connectivity index (χ0v) is 13.5. The summed E-state index contributed by atoms with van der Waals surface area (Å²) in [6.07, 6.45) is 1.72. The van der Waals surface area contributed by atoms with Crippen LogP contribution in [-0.2, 0) is 30.2 Å². The molecule has 1 heterocycles. The molecule has 0 saturated carbocycles. The summed E-state index contributed by atoms with van der Waals surface area (Å²) in [4.78, 5) is -0.0898. The molecule has 114 valence electrons. The summed E-state index contributed by atoms with van der Waals surface area (Å²) < 4.78 is 28.7. The van der Waals surface area contributed by atoms with Crippen molar-refractivity contribution >= 4 is 33.2 Å². The van der Waals surface area contributed by atoms with E-state index in [2.05, 4.69) is 9.82 Å². The van der Waals surface area contributed by atoms with E-state index in [0.717, 1.165) is 0 Å². The van der Waals surface area contributed by atoms with Crippen molar-refractivity contribution in [1.29, 1.82) is 0 Å². The standard InChI is InChI=1S/C12H14Cl2N4O2S/c1-18-3-2-10(17-18)7-16-21(19,20)11-5-9(13)4-8(6-15)12(11)14/h2-5,16H,6-7,15H2,1H3. The van der Waals surface area contributed by atoms with Gasteiger partial charge in [0.05, 0.1) is 17.3 Å². The third kappa shape index (κ3) is 3.75. The fourth-order valence-electron chi connectivity index (χ4n) is 1.77. The first kappa shape index (κ1) is 16.3. The molecule has 1 aromatic carbocycles. The van der Waals surface area contributed by atoms with Crippen molar-refractivity contribution in [2.24, 2.45) is 12.8 Å². The Kier molecular flexibility index (Phi) is 4.90. The predicted molar refractivity (Wildman–Crippen MR) is 81.6 cm³/mol. The topological polar surface area (TPSA) is 90.0 Å². The van der Waals surface area contributed by atoms with Crippen LogP contribution in [0, 0.1) is 0 Å². The number of sulfonamides is 1. The van der Waals surface area contributed by atoms with Gasteiger partial charge in [-0.15, -0.1) is 0 Å². The fourth-order valence-corrected chi connectivity index (χ4v) is 3.71. The van der Waals surface area contributed by atoms with E-state index in [-0.39, 0.29) is 28.0 Å². The number of nitrogens with two attached hydrogens (primary N) is 1. The summed E-state index contributed by atoms with van der Waals surface area (Å²) in [6, 6.07) is 4.55. The molecule has 0 saturated heterocycles. The SMILES string of the molecule is Cn1ccc(CNS(=O)(=O)c2cc(Cl)cc(CN)c2Cl)n1. The molecule has 0 amide bonds. The van der Waals surface area contributed by atoms with Crippen LogP contribution in [0.25, 0.3) is 0 Å². The van der Waals surface area contributed by atoms with Gasteiger partial charge in [0, 0.05) is 24.8 Å². The van der Waals surface area contributed by atoms with Gasteiger partial charge >= 0.3 is 0 Å². The lowest BCUT2D eigenvalue weighted by atomic mass is 10.2. The van der Waals surface area contributed by atoms with Crippen LogP contribution in [0.3, 0.4) is 0 Å². The number of halogens is 2. The molecule has 2 aromatic rings. The fraction of sp³-hybridized carbons (Fsp3) is 0.250. The lowest BCUT2D eigenvalue weighted by Crippen LogP contribution is -2.24. The van der Waals surface area contributed by atoms with E-state index in [1.54, 1.807) is 30.1 Å². The minimum atomic E-state index is -3.81. The van der Waals surface area contributed by atoms with E-state index in [1.807, 2.05) is 0 Å². The molecule has 0 aliphatic heterocycles. The van der Waals surface area contributed by atoms with Gasteiger partial charge in [-0.2, -0.15) is 5.10 Å². The first-order valence-electron chi connectivity index (χ1n) is 5.99. The van der Waals surface area contributed by atoms with Crippen molar-refractivity contribution < 1.29 is 8.42 Å². The highest BCUT2D eigenvalue weighted by Crippen LogP contribution is 2.29. The molecule has 9 heteroatoms. The zero-order valence-electron chi connectivity index (χ0n) is 11.2. The number of benzene rings is 1. The number of hydrogen-bond donors (Lipinski definition) is 2. The highest BCUT2D eigenvalue weighted by Gasteiger charge is 2.21. The van der Waals surface area contributed by atoms with E-state index in [9.17, 15) is 8.42 Å². The van der Waals surface area contributed by atoms with Crippen molar-refractivity contribution in [2.45, 2.75) is 18.0 Å². The molecule has 0 fully saturated rings. The van der Waals surface area contributed by atoms with Gasteiger partial charge in [-0.25, -0.2) is 13.1 Å². The second-order valence-corrected chi connectivity index (χ2v) is 6.94. The molecule has 0 spiro atoms. The third-order valence-electron chi connectivity index (χ3n) is 2.80. The number of hydrogen-bond acceptors (Lipinski definition) is 4. The molecule has 2 rings (SSSR count). The Labute approximate surface area is 132 Å².